The summed E-state index contributed by atoms with van der Waals surface area (Å²) in [6.45, 7) is 1.73. The zero-order chi connectivity index (χ0) is 16.2. The van der Waals surface area contributed by atoms with Gasteiger partial charge in [-0.3, -0.25) is 0 Å². The van der Waals surface area contributed by atoms with Crippen LogP contribution < -0.4 is 5.32 Å². The molecule has 1 unspecified atom stereocenters. The molecule has 1 aliphatic rings. The van der Waals surface area contributed by atoms with Crippen LogP contribution in [0, 0.1) is 11.6 Å². The third kappa shape index (κ3) is 3.49. The molecule has 0 spiro atoms. The summed E-state index contributed by atoms with van der Waals surface area (Å²) < 4.78 is 28.4. The number of nitrogens with zero attached hydrogens (tertiary/aromatic N) is 3. The first-order valence-electron chi connectivity index (χ1n) is 7.60. The van der Waals surface area contributed by atoms with Crippen molar-refractivity contribution in [2.45, 2.75) is 25.4 Å². The summed E-state index contributed by atoms with van der Waals surface area (Å²) in [6, 6.07) is 3.44. The molecule has 1 saturated heterocycles. The molecule has 5 nitrogen and oxygen atoms in total. The molecular formula is C16H18F2N4O. The number of halogens is 2. The van der Waals surface area contributed by atoms with E-state index in [4.69, 9.17) is 0 Å². The molecule has 0 bridgehead atoms. The number of rotatable bonds is 4. The van der Waals surface area contributed by atoms with Crippen molar-refractivity contribution in [2.75, 3.05) is 13.1 Å². The van der Waals surface area contributed by atoms with Gasteiger partial charge in [0.15, 0.2) is 11.6 Å². The first kappa shape index (κ1) is 15.5. The molecule has 1 atom stereocenters. The second-order valence-electron chi connectivity index (χ2n) is 5.56. The van der Waals surface area contributed by atoms with E-state index in [1.165, 1.54) is 6.07 Å². The number of amides is 2. The van der Waals surface area contributed by atoms with Crippen LogP contribution in [0.25, 0.3) is 0 Å². The molecule has 2 amide bonds. The molecule has 0 saturated carbocycles. The van der Waals surface area contributed by atoms with Gasteiger partial charge < -0.3 is 14.8 Å². The smallest absolute Gasteiger partial charge is 0.317 e. The van der Waals surface area contributed by atoms with E-state index in [9.17, 15) is 13.6 Å². The number of urea groups is 1. The highest BCUT2D eigenvalue weighted by atomic mass is 19.2. The zero-order valence-electron chi connectivity index (χ0n) is 12.6. The molecular weight excluding hydrogens is 302 g/mol. The van der Waals surface area contributed by atoms with E-state index in [-0.39, 0.29) is 12.1 Å². The van der Waals surface area contributed by atoms with Crippen LogP contribution in [0.15, 0.2) is 36.9 Å². The van der Waals surface area contributed by atoms with Gasteiger partial charge in [0, 0.05) is 32.0 Å². The fourth-order valence-corrected chi connectivity index (χ4v) is 2.89. The van der Waals surface area contributed by atoms with Crippen molar-refractivity contribution in [2.24, 2.45) is 0 Å². The topological polar surface area (TPSA) is 50.2 Å². The van der Waals surface area contributed by atoms with Crippen LogP contribution in [0.2, 0.25) is 0 Å². The summed E-state index contributed by atoms with van der Waals surface area (Å²) >= 11 is 0. The minimum absolute atomic E-state index is 0.183. The Morgan fingerprint density at radius 2 is 2.22 bits per heavy atom. The van der Waals surface area contributed by atoms with E-state index in [1.807, 2.05) is 10.8 Å². The van der Waals surface area contributed by atoms with Crippen molar-refractivity contribution in [3.63, 3.8) is 0 Å². The van der Waals surface area contributed by atoms with Gasteiger partial charge in [0.25, 0.3) is 0 Å². The van der Waals surface area contributed by atoms with Gasteiger partial charge in [-0.25, -0.2) is 18.6 Å². The number of aromatic nitrogens is 2. The average molecular weight is 320 g/mol. The number of carbonyl (C=O) groups is 1. The first-order chi connectivity index (χ1) is 11.1. The summed E-state index contributed by atoms with van der Waals surface area (Å²) in [5.41, 5.74) is 0.631. The molecule has 1 aliphatic heterocycles. The Hall–Kier alpha value is -2.44. The number of hydrogen-bond acceptors (Lipinski definition) is 2. The Balaban J connectivity index is 1.61. The van der Waals surface area contributed by atoms with Gasteiger partial charge in [-0.1, -0.05) is 6.07 Å². The monoisotopic (exact) mass is 320 g/mol. The Labute approximate surface area is 132 Å². The number of likely N-dealkylation sites (tertiary alicyclic amines) is 1. The maximum absolute atomic E-state index is 13.4. The lowest BCUT2D eigenvalue weighted by molar-refractivity contribution is 0.192. The predicted molar refractivity (Wildman–Crippen MR) is 80.7 cm³/mol. The molecule has 1 aromatic heterocycles. The molecule has 1 fully saturated rings. The second-order valence-corrected chi connectivity index (χ2v) is 5.56. The maximum atomic E-state index is 13.4. The number of benzene rings is 1. The molecule has 0 radical (unpaired) electrons. The quantitative estimate of drug-likeness (QED) is 0.942. The number of hydrogen-bond donors (Lipinski definition) is 1. The highest BCUT2D eigenvalue weighted by Gasteiger charge is 2.30. The van der Waals surface area contributed by atoms with Crippen LogP contribution in [0.5, 0.6) is 0 Å². The molecule has 122 valence electrons. The van der Waals surface area contributed by atoms with Gasteiger partial charge in [-0.05, 0) is 30.5 Å². The van der Waals surface area contributed by atoms with Crippen molar-refractivity contribution in [3.8, 4) is 0 Å². The number of carbonyl (C=O) groups excluding carboxylic acids is 1. The molecule has 23 heavy (non-hydrogen) atoms. The minimum atomic E-state index is -0.880. The number of imidazole rings is 1. The van der Waals surface area contributed by atoms with E-state index in [0.717, 1.165) is 18.9 Å². The normalized spacial score (nSPS) is 17.5. The number of nitrogens with one attached hydrogen (secondary N) is 1. The molecule has 1 aromatic carbocycles. The SMILES string of the molecule is O=C(NCCn1ccnc1)N1CCCC1c1ccc(F)c(F)c1. The van der Waals surface area contributed by atoms with Crippen molar-refractivity contribution in [1.29, 1.82) is 0 Å². The fraction of sp³-hybridized carbons (Fsp3) is 0.375. The third-order valence-corrected chi connectivity index (χ3v) is 4.05. The van der Waals surface area contributed by atoms with E-state index < -0.39 is 11.6 Å². The standard InChI is InChI=1S/C16H18F2N4O/c17-13-4-3-12(10-14(13)18)15-2-1-7-22(15)16(23)20-6-9-21-8-5-19-11-21/h3-5,8,10-11,15H,1-2,6-7,9H2,(H,20,23). The van der Waals surface area contributed by atoms with E-state index in [0.29, 0.717) is 25.2 Å². The summed E-state index contributed by atoms with van der Waals surface area (Å²) in [4.78, 5) is 18.0. The Bertz CT molecular complexity index is 675. The molecule has 1 N–H and O–H groups in total. The van der Waals surface area contributed by atoms with Crippen LogP contribution in [-0.2, 0) is 6.54 Å². The molecule has 2 aromatic rings. The summed E-state index contributed by atoms with van der Waals surface area (Å²) in [5, 5.41) is 2.86. The van der Waals surface area contributed by atoms with E-state index in [2.05, 4.69) is 10.3 Å². The van der Waals surface area contributed by atoms with Crippen molar-refractivity contribution >= 4 is 6.03 Å². The lowest BCUT2D eigenvalue weighted by Gasteiger charge is -2.25. The fourth-order valence-electron chi connectivity index (χ4n) is 2.89. The lowest BCUT2D eigenvalue weighted by atomic mass is 10.0. The average Bonchev–Trinajstić information content (AvgIpc) is 3.21. The third-order valence-electron chi connectivity index (χ3n) is 4.05. The van der Waals surface area contributed by atoms with Gasteiger partial charge >= 0.3 is 6.03 Å². The Kier molecular flexibility index (Phi) is 4.55. The van der Waals surface area contributed by atoms with Gasteiger partial charge in [-0.2, -0.15) is 0 Å². The molecule has 2 heterocycles. The minimum Gasteiger partial charge on any atom is -0.336 e. The highest BCUT2D eigenvalue weighted by Crippen LogP contribution is 2.32. The summed E-state index contributed by atoms with van der Waals surface area (Å²) in [5.74, 6) is -1.75. The van der Waals surface area contributed by atoms with E-state index >= 15 is 0 Å². The van der Waals surface area contributed by atoms with Crippen LogP contribution in [0.1, 0.15) is 24.4 Å². The first-order valence-corrected chi connectivity index (χ1v) is 7.60. The van der Waals surface area contributed by atoms with E-state index in [1.54, 1.807) is 23.5 Å². The van der Waals surface area contributed by atoms with Gasteiger partial charge in [-0.15, -0.1) is 0 Å². The summed E-state index contributed by atoms with van der Waals surface area (Å²) in [6.07, 6.45) is 6.79. The maximum Gasteiger partial charge on any atom is 0.317 e. The van der Waals surface area contributed by atoms with Crippen LogP contribution in [0.3, 0.4) is 0 Å². The highest BCUT2D eigenvalue weighted by molar-refractivity contribution is 5.75. The van der Waals surface area contributed by atoms with Crippen LogP contribution in [-0.4, -0.2) is 33.6 Å². The molecule has 7 heteroatoms. The second kappa shape index (κ2) is 6.76. The largest absolute Gasteiger partial charge is 0.336 e. The summed E-state index contributed by atoms with van der Waals surface area (Å²) in [7, 11) is 0. The van der Waals surface area contributed by atoms with Crippen LogP contribution in [0.4, 0.5) is 13.6 Å². The lowest BCUT2D eigenvalue weighted by Crippen LogP contribution is -2.40. The van der Waals surface area contributed by atoms with Crippen molar-refractivity contribution in [1.82, 2.24) is 19.8 Å². The zero-order valence-corrected chi connectivity index (χ0v) is 12.6. The molecule has 0 aliphatic carbocycles. The Morgan fingerprint density at radius 1 is 1.35 bits per heavy atom. The van der Waals surface area contributed by atoms with Crippen molar-refractivity contribution < 1.29 is 13.6 Å². The van der Waals surface area contributed by atoms with Gasteiger partial charge in [0.05, 0.1) is 12.4 Å². The van der Waals surface area contributed by atoms with Gasteiger partial charge in [0.1, 0.15) is 0 Å². The predicted octanol–water partition coefficient (Wildman–Crippen LogP) is 2.71. The molecule has 3 rings (SSSR count). The van der Waals surface area contributed by atoms with Gasteiger partial charge in [0.2, 0.25) is 0 Å². The Morgan fingerprint density at radius 3 is 2.96 bits per heavy atom. The van der Waals surface area contributed by atoms with Crippen molar-refractivity contribution in [3.05, 3.63) is 54.1 Å². The van der Waals surface area contributed by atoms with Crippen LogP contribution >= 0.6 is 0 Å².